The van der Waals surface area contributed by atoms with Crippen molar-refractivity contribution in [2.45, 2.75) is 73.9 Å². The van der Waals surface area contributed by atoms with Crippen LogP contribution in [0.3, 0.4) is 0 Å². The average molecular weight is 242 g/mol. The zero-order valence-corrected chi connectivity index (χ0v) is 10.7. The summed E-state index contributed by atoms with van der Waals surface area (Å²) < 4.78 is 12.0. The third-order valence-electron chi connectivity index (χ3n) is 5.00. The number of rotatable bonds is 1. The molecule has 1 N–H and O–H groups in total. The van der Waals surface area contributed by atoms with E-state index in [2.05, 4.69) is 0 Å². The lowest BCUT2D eigenvalue weighted by Crippen LogP contribution is -2.48. The van der Waals surface area contributed by atoms with Crippen LogP contribution in [0.15, 0.2) is 0 Å². The summed E-state index contributed by atoms with van der Waals surface area (Å²) >= 11 is 0. The molecule has 0 aromatic rings. The second kappa shape index (κ2) is 4.09. The van der Waals surface area contributed by atoms with E-state index in [1.807, 2.05) is 0 Å². The summed E-state index contributed by atoms with van der Waals surface area (Å²) in [6, 6.07) is 0. The van der Waals surface area contributed by atoms with Gasteiger partial charge >= 0.3 is 0 Å². The molecule has 2 heterocycles. The van der Waals surface area contributed by atoms with Gasteiger partial charge in [0.05, 0.1) is 5.60 Å². The maximum Gasteiger partial charge on any atom is 0.0698 e. The SMILES string of the molecule is O=S1C2CCC1CC(O)(C1CCCCC1)C2. The topological polar surface area (TPSA) is 37.3 Å². The van der Waals surface area contributed by atoms with Crippen LogP contribution >= 0.6 is 0 Å². The Morgan fingerprint density at radius 3 is 2.06 bits per heavy atom. The van der Waals surface area contributed by atoms with Crippen LogP contribution in [-0.4, -0.2) is 25.4 Å². The van der Waals surface area contributed by atoms with E-state index in [1.165, 1.54) is 32.1 Å². The van der Waals surface area contributed by atoms with Crippen molar-refractivity contribution in [3.63, 3.8) is 0 Å². The predicted octanol–water partition coefficient (Wildman–Crippen LogP) is 2.37. The Bertz CT molecular complexity index is 280. The van der Waals surface area contributed by atoms with Crippen molar-refractivity contribution < 1.29 is 9.32 Å². The number of hydrogen-bond donors (Lipinski definition) is 1. The van der Waals surface area contributed by atoms with E-state index in [0.717, 1.165) is 25.7 Å². The molecule has 3 aliphatic rings. The van der Waals surface area contributed by atoms with Gasteiger partial charge in [-0.2, -0.15) is 0 Å². The summed E-state index contributed by atoms with van der Waals surface area (Å²) in [5, 5.41) is 11.5. The zero-order chi connectivity index (χ0) is 11.2. The maximum atomic E-state index is 12.0. The molecule has 2 saturated heterocycles. The van der Waals surface area contributed by atoms with Crippen molar-refractivity contribution >= 4 is 10.8 Å². The van der Waals surface area contributed by atoms with Gasteiger partial charge in [-0.1, -0.05) is 19.3 Å². The van der Waals surface area contributed by atoms with Gasteiger partial charge in [0.25, 0.3) is 0 Å². The molecular weight excluding hydrogens is 220 g/mol. The lowest BCUT2D eigenvalue weighted by atomic mass is 9.73. The van der Waals surface area contributed by atoms with Gasteiger partial charge in [0.2, 0.25) is 0 Å². The molecule has 2 unspecified atom stereocenters. The van der Waals surface area contributed by atoms with E-state index in [1.54, 1.807) is 0 Å². The largest absolute Gasteiger partial charge is 0.390 e. The maximum absolute atomic E-state index is 12.0. The van der Waals surface area contributed by atoms with Crippen molar-refractivity contribution in [2.24, 2.45) is 5.92 Å². The van der Waals surface area contributed by atoms with Crippen LogP contribution < -0.4 is 0 Å². The Kier molecular flexibility index (Phi) is 2.87. The second-order valence-corrected chi connectivity index (χ2v) is 7.99. The molecular formula is C13H22O2S. The molecule has 3 fully saturated rings. The van der Waals surface area contributed by atoms with Gasteiger partial charge in [0, 0.05) is 21.3 Å². The van der Waals surface area contributed by atoms with Gasteiger partial charge in [-0.15, -0.1) is 0 Å². The number of aliphatic hydroxyl groups is 1. The quantitative estimate of drug-likeness (QED) is 0.766. The molecule has 92 valence electrons. The molecule has 3 heteroatoms. The normalized spacial score (nSPS) is 49.4. The fourth-order valence-electron chi connectivity index (χ4n) is 4.09. The summed E-state index contributed by atoms with van der Waals surface area (Å²) in [6.07, 6.45) is 10.1. The molecule has 2 nitrogen and oxygen atoms in total. The first-order valence-electron chi connectivity index (χ1n) is 6.81. The fraction of sp³-hybridized carbons (Fsp3) is 1.00. The third-order valence-corrected chi connectivity index (χ3v) is 7.11. The standard InChI is InChI=1S/C13H22O2S/c14-13(10-4-2-1-3-5-10)8-11-6-7-12(9-13)16(11)15/h10-12,14H,1-9H2. The molecule has 2 bridgehead atoms. The minimum atomic E-state index is -0.630. The van der Waals surface area contributed by atoms with Gasteiger partial charge < -0.3 is 5.11 Å². The lowest BCUT2D eigenvalue weighted by Gasteiger charge is -2.43. The first kappa shape index (κ1) is 11.2. The first-order valence-corrected chi connectivity index (χ1v) is 8.08. The van der Waals surface area contributed by atoms with Crippen LogP contribution in [0.4, 0.5) is 0 Å². The van der Waals surface area contributed by atoms with Gasteiger partial charge in [-0.25, -0.2) is 0 Å². The van der Waals surface area contributed by atoms with Crippen molar-refractivity contribution in [3.8, 4) is 0 Å². The number of hydrogen-bond acceptors (Lipinski definition) is 2. The molecule has 0 radical (unpaired) electrons. The van der Waals surface area contributed by atoms with Gasteiger partial charge in [0.1, 0.15) is 0 Å². The molecule has 16 heavy (non-hydrogen) atoms. The molecule has 0 amide bonds. The van der Waals surface area contributed by atoms with Crippen molar-refractivity contribution in [1.82, 2.24) is 0 Å². The van der Waals surface area contributed by atoms with Gasteiger partial charge in [-0.05, 0) is 44.4 Å². The van der Waals surface area contributed by atoms with E-state index in [9.17, 15) is 9.32 Å². The monoisotopic (exact) mass is 242 g/mol. The predicted molar refractivity (Wildman–Crippen MR) is 65.7 cm³/mol. The summed E-state index contributed by atoms with van der Waals surface area (Å²) in [6.45, 7) is 0. The summed E-state index contributed by atoms with van der Waals surface area (Å²) in [4.78, 5) is 0. The minimum Gasteiger partial charge on any atom is -0.390 e. The average Bonchev–Trinajstić information content (AvgIpc) is 2.54. The van der Waals surface area contributed by atoms with E-state index >= 15 is 0 Å². The highest BCUT2D eigenvalue weighted by atomic mass is 32.2. The summed E-state index contributed by atoms with van der Waals surface area (Å²) in [5.41, 5.74) is -0.458. The Morgan fingerprint density at radius 2 is 1.50 bits per heavy atom. The van der Waals surface area contributed by atoms with Crippen molar-refractivity contribution in [3.05, 3.63) is 0 Å². The Labute approximate surface area is 100 Å². The molecule has 0 aromatic carbocycles. The molecule has 1 saturated carbocycles. The second-order valence-electron chi connectivity index (χ2n) is 6.00. The van der Waals surface area contributed by atoms with E-state index in [4.69, 9.17) is 0 Å². The Morgan fingerprint density at radius 1 is 0.938 bits per heavy atom. The first-order chi connectivity index (χ1) is 7.69. The van der Waals surface area contributed by atoms with Gasteiger partial charge in [0.15, 0.2) is 0 Å². The minimum absolute atomic E-state index is 0.311. The van der Waals surface area contributed by atoms with Gasteiger partial charge in [-0.3, -0.25) is 4.21 Å². The fourth-order valence-corrected chi connectivity index (χ4v) is 6.28. The van der Waals surface area contributed by atoms with E-state index in [0.29, 0.717) is 16.4 Å². The highest BCUT2D eigenvalue weighted by Crippen LogP contribution is 2.47. The van der Waals surface area contributed by atoms with Crippen LogP contribution in [0.2, 0.25) is 0 Å². The summed E-state index contributed by atoms with van der Waals surface area (Å²) in [5.74, 6) is 0.502. The van der Waals surface area contributed by atoms with Crippen LogP contribution in [0, 0.1) is 5.92 Å². The molecule has 0 aromatic heterocycles. The van der Waals surface area contributed by atoms with Crippen molar-refractivity contribution in [1.29, 1.82) is 0 Å². The van der Waals surface area contributed by atoms with E-state index in [-0.39, 0.29) is 0 Å². The molecule has 2 atom stereocenters. The lowest BCUT2D eigenvalue weighted by molar-refractivity contribution is -0.0468. The van der Waals surface area contributed by atoms with Crippen LogP contribution in [-0.2, 0) is 10.8 Å². The summed E-state index contributed by atoms with van der Waals surface area (Å²) in [7, 11) is -0.630. The smallest absolute Gasteiger partial charge is 0.0698 e. The van der Waals surface area contributed by atoms with Crippen LogP contribution in [0.25, 0.3) is 0 Å². The molecule has 3 rings (SSSR count). The Hall–Kier alpha value is 0.110. The molecule has 0 spiro atoms. The zero-order valence-electron chi connectivity index (χ0n) is 9.86. The third kappa shape index (κ3) is 1.76. The van der Waals surface area contributed by atoms with Crippen LogP contribution in [0.1, 0.15) is 57.8 Å². The van der Waals surface area contributed by atoms with E-state index < -0.39 is 16.4 Å². The van der Waals surface area contributed by atoms with Crippen molar-refractivity contribution in [2.75, 3.05) is 0 Å². The highest BCUT2D eigenvalue weighted by molar-refractivity contribution is 7.86. The Balaban J connectivity index is 1.76. The highest BCUT2D eigenvalue weighted by Gasteiger charge is 2.50. The molecule has 2 aliphatic heterocycles. The number of fused-ring (bicyclic) bond motifs is 2. The molecule has 1 aliphatic carbocycles. The van der Waals surface area contributed by atoms with Crippen LogP contribution in [0.5, 0.6) is 0 Å².